The van der Waals surface area contributed by atoms with Gasteiger partial charge in [-0.1, -0.05) is 20.3 Å². The molecule has 1 aromatic heterocycles. The molecule has 1 atom stereocenters. The van der Waals surface area contributed by atoms with Crippen LogP contribution in [0, 0.1) is 12.3 Å². The Labute approximate surface area is 131 Å². The monoisotopic (exact) mass is 316 g/mol. The normalized spacial score (nSPS) is 21.9. The fourth-order valence-corrected chi connectivity index (χ4v) is 3.70. The number of carbonyl (C=O) groups is 1. The lowest BCUT2D eigenvalue weighted by atomic mass is 9.90. The van der Waals surface area contributed by atoms with Crippen LogP contribution in [-0.2, 0) is 6.42 Å². The number of carbonyl (C=O) groups excluding carboxylic acids is 1. The van der Waals surface area contributed by atoms with Crippen LogP contribution in [-0.4, -0.2) is 30.4 Å². The number of halogens is 1. The van der Waals surface area contributed by atoms with E-state index in [2.05, 4.69) is 26.8 Å². The van der Waals surface area contributed by atoms with Crippen molar-refractivity contribution in [1.29, 1.82) is 0 Å². The van der Waals surface area contributed by atoms with Gasteiger partial charge in [0.2, 0.25) is 0 Å². The van der Waals surface area contributed by atoms with Crippen LogP contribution in [0.1, 0.15) is 46.8 Å². The molecule has 1 fully saturated rings. The molecule has 1 aliphatic heterocycles. The molecule has 5 heteroatoms. The first-order valence-electron chi connectivity index (χ1n) is 7.08. The van der Waals surface area contributed by atoms with E-state index in [1.54, 1.807) is 11.3 Å². The van der Waals surface area contributed by atoms with Crippen molar-refractivity contribution >= 4 is 29.7 Å². The number of amides is 1. The van der Waals surface area contributed by atoms with Crippen LogP contribution in [0.15, 0.2) is 6.07 Å². The third-order valence-corrected chi connectivity index (χ3v) is 5.17. The Morgan fingerprint density at radius 1 is 1.55 bits per heavy atom. The van der Waals surface area contributed by atoms with Gasteiger partial charge in [-0.25, -0.2) is 0 Å². The Morgan fingerprint density at radius 3 is 2.80 bits per heavy atom. The predicted octanol–water partition coefficient (Wildman–Crippen LogP) is 3.24. The summed E-state index contributed by atoms with van der Waals surface area (Å²) in [6.07, 6.45) is 3.21. The van der Waals surface area contributed by atoms with Crippen LogP contribution in [0.25, 0.3) is 0 Å². The van der Waals surface area contributed by atoms with E-state index in [-0.39, 0.29) is 23.7 Å². The van der Waals surface area contributed by atoms with E-state index in [4.69, 9.17) is 5.73 Å². The van der Waals surface area contributed by atoms with Gasteiger partial charge >= 0.3 is 0 Å². The summed E-state index contributed by atoms with van der Waals surface area (Å²) >= 11 is 1.63. The molecule has 1 aromatic rings. The zero-order chi connectivity index (χ0) is 14.0. The Bertz CT molecular complexity index is 474. The average molecular weight is 317 g/mol. The zero-order valence-corrected chi connectivity index (χ0v) is 14.2. The highest BCUT2D eigenvalue weighted by molar-refractivity contribution is 7.14. The van der Waals surface area contributed by atoms with Crippen molar-refractivity contribution in [2.45, 2.75) is 40.0 Å². The minimum Gasteiger partial charge on any atom is -0.337 e. The number of nitrogens with zero attached hydrogens (tertiary/aromatic N) is 1. The van der Waals surface area contributed by atoms with Gasteiger partial charge in [0.1, 0.15) is 0 Å². The largest absolute Gasteiger partial charge is 0.337 e. The summed E-state index contributed by atoms with van der Waals surface area (Å²) in [6.45, 7) is 8.74. The highest BCUT2D eigenvalue weighted by atomic mass is 35.5. The van der Waals surface area contributed by atoms with Gasteiger partial charge in [0.15, 0.2) is 0 Å². The maximum Gasteiger partial charge on any atom is 0.263 e. The summed E-state index contributed by atoms with van der Waals surface area (Å²) in [5, 5.41) is 0. The number of nitrogens with two attached hydrogens (primary N) is 1. The third kappa shape index (κ3) is 3.54. The lowest BCUT2D eigenvalue weighted by Crippen LogP contribution is -2.34. The summed E-state index contributed by atoms with van der Waals surface area (Å²) < 4.78 is 0. The lowest BCUT2D eigenvalue weighted by Gasteiger charge is -2.22. The van der Waals surface area contributed by atoms with Gasteiger partial charge in [0, 0.05) is 18.0 Å². The molecule has 2 heterocycles. The summed E-state index contributed by atoms with van der Waals surface area (Å²) in [5.74, 6) is 0.188. The van der Waals surface area contributed by atoms with Gasteiger partial charge in [0.25, 0.3) is 5.91 Å². The number of aryl methyl sites for hydroxylation is 2. The van der Waals surface area contributed by atoms with E-state index in [1.807, 2.05) is 4.90 Å². The first kappa shape index (κ1) is 17.5. The number of likely N-dealkylation sites (tertiary alicyclic amines) is 1. The molecular weight excluding hydrogens is 292 g/mol. The Morgan fingerprint density at radius 2 is 2.25 bits per heavy atom. The second-order valence-corrected chi connectivity index (χ2v) is 7.19. The Kier molecular flexibility index (Phi) is 6.05. The van der Waals surface area contributed by atoms with Gasteiger partial charge in [-0.15, -0.1) is 23.7 Å². The van der Waals surface area contributed by atoms with E-state index in [9.17, 15) is 4.79 Å². The number of thiophene rings is 1. The molecule has 2 rings (SSSR count). The quantitative estimate of drug-likeness (QED) is 0.927. The average Bonchev–Trinajstić information content (AvgIpc) is 2.95. The summed E-state index contributed by atoms with van der Waals surface area (Å²) in [4.78, 5) is 16.7. The van der Waals surface area contributed by atoms with Crippen LogP contribution in [0.2, 0.25) is 0 Å². The van der Waals surface area contributed by atoms with E-state index in [1.165, 1.54) is 10.4 Å². The highest BCUT2D eigenvalue weighted by Crippen LogP contribution is 2.31. The molecule has 1 saturated heterocycles. The molecule has 1 aliphatic rings. The van der Waals surface area contributed by atoms with Gasteiger partial charge in [-0.3, -0.25) is 4.79 Å². The smallest absolute Gasteiger partial charge is 0.263 e. The number of hydrogen-bond donors (Lipinski definition) is 1. The molecular formula is C15H25ClN2OS. The standard InChI is InChI=1S/C15H24N2OS.ClH/c1-4-5-12-8-13(19-11(12)2)14(18)17-7-6-15(3,9-16)10-17;/h8H,4-7,9-10,16H2,1-3H3;1H. The van der Waals surface area contributed by atoms with Crippen molar-refractivity contribution in [3.05, 3.63) is 21.4 Å². The van der Waals surface area contributed by atoms with Crippen molar-refractivity contribution < 1.29 is 4.79 Å². The van der Waals surface area contributed by atoms with Crippen LogP contribution >= 0.6 is 23.7 Å². The Balaban J connectivity index is 0.00000200. The molecule has 0 radical (unpaired) electrons. The topological polar surface area (TPSA) is 46.3 Å². The second-order valence-electron chi connectivity index (χ2n) is 5.93. The van der Waals surface area contributed by atoms with Crippen LogP contribution in [0.5, 0.6) is 0 Å². The first-order valence-corrected chi connectivity index (χ1v) is 7.89. The maximum absolute atomic E-state index is 12.5. The molecule has 3 nitrogen and oxygen atoms in total. The second kappa shape index (κ2) is 6.92. The molecule has 2 N–H and O–H groups in total. The molecule has 20 heavy (non-hydrogen) atoms. The maximum atomic E-state index is 12.5. The van der Waals surface area contributed by atoms with Crippen molar-refractivity contribution in [3.63, 3.8) is 0 Å². The lowest BCUT2D eigenvalue weighted by molar-refractivity contribution is 0.0781. The molecule has 114 valence electrons. The fraction of sp³-hybridized carbons (Fsp3) is 0.667. The van der Waals surface area contributed by atoms with Crippen molar-refractivity contribution in [3.8, 4) is 0 Å². The van der Waals surface area contributed by atoms with E-state index < -0.39 is 0 Å². The summed E-state index contributed by atoms with van der Waals surface area (Å²) in [5.41, 5.74) is 7.24. The van der Waals surface area contributed by atoms with Crippen LogP contribution < -0.4 is 5.73 Å². The molecule has 0 aromatic carbocycles. The molecule has 0 aliphatic carbocycles. The zero-order valence-electron chi connectivity index (χ0n) is 12.6. The molecule has 0 spiro atoms. The highest BCUT2D eigenvalue weighted by Gasteiger charge is 2.35. The van der Waals surface area contributed by atoms with Crippen LogP contribution in [0.3, 0.4) is 0 Å². The van der Waals surface area contributed by atoms with E-state index in [0.29, 0.717) is 6.54 Å². The molecule has 1 unspecified atom stereocenters. The first-order chi connectivity index (χ1) is 8.99. The van der Waals surface area contributed by atoms with Crippen molar-refractivity contribution in [2.75, 3.05) is 19.6 Å². The van der Waals surface area contributed by atoms with Crippen molar-refractivity contribution in [2.24, 2.45) is 11.1 Å². The van der Waals surface area contributed by atoms with Gasteiger partial charge in [-0.2, -0.15) is 0 Å². The SMILES string of the molecule is CCCc1cc(C(=O)N2CCC(C)(CN)C2)sc1C.Cl. The summed E-state index contributed by atoms with van der Waals surface area (Å²) in [6, 6.07) is 2.09. The molecule has 0 saturated carbocycles. The van der Waals surface area contributed by atoms with E-state index in [0.717, 1.165) is 37.2 Å². The molecule has 0 bridgehead atoms. The van der Waals surface area contributed by atoms with Gasteiger partial charge in [0.05, 0.1) is 4.88 Å². The van der Waals surface area contributed by atoms with Gasteiger partial charge < -0.3 is 10.6 Å². The number of hydrogen-bond acceptors (Lipinski definition) is 3. The van der Waals surface area contributed by atoms with Crippen LogP contribution in [0.4, 0.5) is 0 Å². The predicted molar refractivity (Wildman–Crippen MR) is 88.0 cm³/mol. The van der Waals surface area contributed by atoms with Gasteiger partial charge in [-0.05, 0) is 43.4 Å². The molecule has 1 amide bonds. The minimum atomic E-state index is 0. The summed E-state index contributed by atoms with van der Waals surface area (Å²) in [7, 11) is 0. The van der Waals surface area contributed by atoms with E-state index >= 15 is 0 Å². The van der Waals surface area contributed by atoms with Crippen molar-refractivity contribution in [1.82, 2.24) is 4.90 Å². The number of rotatable bonds is 4. The Hall–Kier alpha value is -0.580. The fourth-order valence-electron chi connectivity index (χ4n) is 2.66. The third-order valence-electron chi connectivity index (χ3n) is 4.09. The minimum absolute atomic E-state index is 0.